The van der Waals surface area contributed by atoms with Crippen LogP contribution in [0.3, 0.4) is 0 Å². The number of hydrogen-bond acceptors (Lipinski definition) is 5. The fourth-order valence-electron chi connectivity index (χ4n) is 2.57. The normalized spacial score (nSPS) is 20.1. The molecule has 0 amide bonds. The van der Waals surface area contributed by atoms with Crippen LogP contribution in [0.15, 0.2) is 11.2 Å². The number of piperidine rings is 1. The van der Waals surface area contributed by atoms with Gasteiger partial charge >= 0.3 is 0 Å². The Morgan fingerprint density at radius 3 is 3.05 bits per heavy atom. The average molecular weight is 315 g/mol. The van der Waals surface area contributed by atoms with Crippen LogP contribution >= 0.6 is 23.4 Å². The van der Waals surface area contributed by atoms with Gasteiger partial charge in [0.1, 0.15) is 11.0 Å². The molecule has 1 aliphatic rings. The van der Waals surface area contributed by atoms with E-state index in [1.54, 1.807) is 6.07 Å². The molecule has 1 unspecified atom stereocenters. The summed E-state index contributed by atoms with van der Waals surface area (Å²) < 4.78 is 0. The fourth-order valence-corrected chi connectivity index (χ4v) is 3.18. The minimum Gasteiger partial charge on any atom is -0.370 e. The van der Waals surface area contributed by atoms with Crippen molar-refractivity contribution in [2.24, 2.45) is 0 Å². The molecular formula is C14H23ClN4S. The van der Waals surface area contributed by atoms with Gasteiger partial charge in [-0.05, 0) is 39.0 Å². The number of anilines is 1. The molecule has 0 radical (unpaired) electrons. The molecule has 0 spiro atoms. The summed E-state index contributed by atoms with van der Waals surface area (Å²) in [6, 6.07) is 2.52. The highest BCUT2D eigenvalue weighted by molar-refractivity contribution is 7.98. The Bertz CT molecular complexity index is 430. The summed E-state index contributed by atoms with van der Waals surface area (Å²) in [7, 11) is 0. The number of likely N-dealkylation sites (tertiary alicyclic amines) is 1. The van der Waals surface area contributed by atoms with E-state index in [-0.39, 0.29) is 0 Å². The largest absolute Gasteiger partial charge is 0.370 e. The van der Waals surface area contributed by atoms with Crippen LogP contribution in [0.2, 0.25) is 5.15 Å². The summed E-state index contributed by atoms with van der Waals surface area (Å²) in [5.41, 5.74) is 0. The maximum atomic E-state index is 5.97. The molecule has 0 saturated carbocycles. The van der Waals surface area contributed by atoms with E-state index in [0.717, 1.165) is 31.4 Å². The summed E-state index contributed by atoms with van der Waals surface area (Å²) in [5.74, 6) is 0.820. The highest BCUT2D eigenvalue weighted by Gasteiger charge is 2.17. The van der Waals surface area contributed by atoms with Crippen molar-refractivity contribution in [3.63, 3.8) is 0 Å². The van der Waals surface area contributed by atoms with Gasteiger partial charge in [0, 0.05) is 25.2 Å². The van der Waals surface area contributed by atoms with Crippen molar-refractivity contribution in [1.82, 2.24) is 14.9 Å². The maximum Gasteiger partial charge on any atom is 0.190 e. The topological polar surface area (TPSA) is 41.1 Å². The average Bonchev–Trinajstić information content (AvgIpc) is 2.44. The molecule has 1 saturated heterocycles. The monoisotopic (exact) mass is 314 g/mol. The molecule has 0 bridgehead atoms. The van der Waals surface area contributed by atoms with Gasteiger partial charge in [-0.25, -0.2) is 9.97 Å². The van der Waals surface area contributed by atoms with Gasteiger partial charge in [0.2, 0.25) is 0 Å². The van der Waals surface area contributed by atoms with Crippen molar-refractivity contribution >= 4 is 29.2 Å². The van der Waals surface area contributed by atoms with Crippen LogP contribution in [0.4, 0.5) is 5.82 Å². The molecule has 1 atom stereocenters. The highest BCUT2D eigenvalue weighted by Crippen LogP contribution is 2.18. The number of thioether (sulfide) groups is 1. The lowest BCUT2D eigenvalue weighted by Crippen LogP contribution is -2.38. The number of nitrogens with zero attached hydrogens (tertiary/aromatic N) is 3. The van der Waals surface area contributed by atoms with Crippen molar-refractivity contribution in [2.75, 3.05) is 31.2 Å². The Morgan fingerprint density at radius 1 is 1.45 bits per heavy atom. The molecule has 6 heteroatoms. The Labute approximate surface area is 130 Å². The first-order chi connectivity index (χ1) is 9.69. The first kappa shape index (κ1) is 15.9. The number of halogens is 1. The van der Waals surface area contributed by atoms with Crippen molar-refractivity contribution in [3.8, 4) is 0 Å². The number of nitrogens with one attached hydrogen (secondary N) is 1. The molecular weight excluding hydrogens is 292 g/mol. The summed E-state index contributed by atoms with van der Waals surface area (Å²) in [4.78, 5) is 11.1. The first-order valence-electron chi connectivity index (χ1n) is 7.25. The van der Waals surface area contributed by atoms with Gasteiger partial charge in [-0.1, -0.05) is 29.8 Å². The molecule has 1 N–H and O–H groups in total. The first-order valence-corrected chi connectivity index (χ1v) is 8.86. The molecule has 2 heterocycles. The molecule has 4 nitrogen and oxygen atoms in total. The standard InChI is InChI=1S/C14H23ClN4S/c1-11-6-3-4-8-19(11)9-5-7-16-13-10-12(15)17-14(18-13)20-2/h10-11H,3-9H2,1-2H3,(H,16,17,18). The van der Waals surface area contributed by atoms with E-state index in [9.17, 15) is 0 Å². The molecule has 0 aromatic carbocycles. The van der Waals surface area contributed by atoms with Gasteiger partial charge in [0.05, 0.1) is 0 Å². The van der Waals surface area contributed by atoms with Crippen LogP contribution in [0.1, 0.15) is 32.6 Å². The molecule has 1 aliphatic heterocycles. The zero-order chi connectivity index (χ0) is 14.4. The minimum absolute atomic E-state index is 0.497. The zero-order valence-corrected chi connectivity index (χ0v) is 13.8. The van der Waals surface area contributed by atoms with E-state index in [0.29, 0.717) is 10.3 Å². The van der Waals surface area contributed by atoms with E-state index in [1.165, 1.54) is 37.6 Å². The van der Waals surface area contributed by atoms with Crippen molar-refractivity contribution in [1.29, 1.82) is 0 Å². The Balaban J connectivity index is 1.74. The van der Waals surface area contributed by atoms with Crippen LogP contribution in [-0.2, 0) is 0 Å². The number of rotatable bonds is 6. The molecule has 1 aromatic rings. The predicted octanol–water partition coefficient (Wildman–Crippen LogP) is 3.53. The molecule has 20 heavy (non-hydrogen) atoms. The zero-order valence-electron chi connectivity index (χ0n) is 12.2. The third kappa shape index (κ3) is 4.79. The second kappa shape index (κ2) is 8.05. The lowest BCUT2D eigenvalue weighted by molar-refractivity contribution is 0.160. The predicted molar refractivity (Wildman–Crippen MR) is 86.8 cm³/mol. The fraction of sp³-hybridized carbons (Fsp3) is 0.714. The SMILES string of the molecule is CSc1nc(Cl)cc(NCCCN2CCCCC2C)n1. The number of hydrogen-bond donors (Lipinski definition) is 1. The smallest absolute Gasteiger partial charge is 0.190 e. The van der Waals surface area contributed by atoms with Gasteiger partial charge in [-0.15, -0.1) is 0 Å². The van der Waals surface area contributed by atoms with E-state index >= 15 is 0 Å². The molecule has 1 aromatic heterocycles. The highest BCUT2D eigenvalue weighted by atomic mass is 35.5. The second-order valence-electron chi connectivity index (χ2n) is 5.22. The maximum absolute atomic E-state index is 5.97. The van der Waals surface area contributed by atoms with Crippen molar-refractivity contribution < 1.29 is 0 Å². The van der Waals surface area contributed by atoms with Crippen LogP contribution in [-0.4, -0.2) is 46.8 Å². The van der Waals surface area contributed by atoms with E-state index in [1.807, 2.05) is 6.26 Å². The van der Waals surface area contributed by atoms with Gasteiger partial charge in [-0.2, -0.15) is 0 Å². The van der Waals surface area contributed by atoms with Gasteiger partial charge in [0.25, 0.3) is 0 Å². The van der Waals surface area contributed by atoms with Gasteiger partial charge in [0.15, 0.2) is 5.16 Å². The lowest BCUT2D eigenvalue weighted by Gasteiger charge is -2.33. The summed E-state index contributed by atoms with van der Waals surface area (Å²) in [6.07, 6.45) is 7.14. The van der Waals surface area contributed by atoms with E-state index in [2.05, 4.69) is 27.1 Å². The van der Waals surface area contributed by atoms with E-state index in [4.69, 9.17) is 11.6 Å². The van der Waals surface area contributed by atoms with Crippen LogP contribution < -0.4 is 5.32 Å². The van der Waals surface area contributed by atoms with E-state index < -0.39 is 0 Å². The molecule has 1 fully saturated rings. The molecule has 112 valence electrons. The Morgan fingerprint density at radius 2 is 2.30 bits per heavy atom. The van der Waals surface area contributed by atoms with Crippen LogP contribution in [0, 0.1) is 0 Å². The van der Waals surface area contributed by atoms with Crippen LogP contribution in [0.5, 0.6) is 0 Å². The lowest BCUT2D eigenvalue weighted by atomic mass is 10.0. The summed E-state index contributed by atoms with van der Waals surface area (Å²) in [5, 5.41) is 4.55. The molecule has 0 aliphatic carbocycles. The minimum atomic E-state index is 0.497. The Hall–Kier alpha value is -0.520. The summed E-state index contributed by atoms with van der Waals surface area (Å²) >= 11 is 7.47. The second-order valence-corrected chi connectivity index (χ2v) is 6.38. The Kier molecular flexibility index (Phi) is 6.39. The van der Waals surface area contributed by atoms with Gasteiger partial charge < -0.3 is 10.2 Å². The molecule has 2 rings (SSSR count). The van der Waals surface area contributed by atoms with Crippen molar-refractivity contribution in [2.45, 2.75) is 43.8 Å². The number of aromatic nitrogens is 2. The quantitative estimate of drug-likeness (QED) is 0.376. The third-order valence-electron chi connectivity index (χ3n) is 3.73. The third-order valence-corrected chi connectivity index (χ3v) is 4.47. The summed E-state index contributed by atoms with van der Waals surface area (Å²) in [6.45, 7) is 5.66. The van der Waals surface area contributed by atoms with Crippen LogP contribution in [0.25, 0.3) is 0 Å². The van der Waals surface area contributed by atoms with Crippen molar-refractivity contribution in [3.05, 3.63) is 11.2 Å². The van der Waals surface area contributed by atoms with Gasteiger partial charge in [-0.3, -0.25) is 0 Å².